The van der Waals surface area contributed by atoms with Gasteiger partial charge in [0.1, 0.15) is 6.33 Å². The lowest BCUT2D eigenvalue weighted by Crippen LogP contribution is -2.39. The third kappa shape index (κ3) is 6.39. The summed E-state index contributed by atoms with van der Waals surface area (Å²) in [6.45, 7) is 2.54. The van der Waals surface area contributed by atoms with E-state index in [1.165, 1.54) is 0 Å². The van der Waals surface area contributed by atoms with Crippen LogP contribution in [0, 0.1) is 5.92 Å². The Morgan fingerprint density at radius 1 is 1.47 bits per heavy atom. The van der Waals surface area contributed by atoms with E-state index in [1.807, 2.05) is 0 Å². The van der Waals surface area contributed by atoms with Gasteiger partial charge in [-0.15, -0.1) is 0 Å². The van der Waals surface area contributed by atoms with Crippen LogP contribution in [0.5, 0.6) is 0 Å². The molecule has 0 spiro atoms. The Bertz CT molecular complexity index is 432. The van der Waals surface area contributed by atoms with Crippen molar-refractivity contribution in [3.8, 4) is 0 Å². The van der Waals surface area contributed by atoms with Gasteiger partial charge in [-0.25, -0.2) is 9.78 Å². The quantitative estimate of drug-likeness (QED) is 0.633. The van der Waals surface area contributed by atoms with Gasteiger partial charge in [-0.2, -0.15) is 5.10 Å². The van der Waals surface area contributed by atoms with Crippen LogP contribution in [0.4, 0.5) is 4.79 Å². The van der Waals surface area contributed by atoms with Crippen LogP contribution in [0.1, 0.15) is 19.2 Å². The summed E-state index contributed by atoms with van der Waals surface area (Å²) in [4.78, 5) is 25.9. The molecule has 19 heavy (non-hydrogen) atoms. The van der Waals surface area contributed by atoms with Gasteiger partial charge in [-0.3, -0.25) is 9.48 Å². The zero-order valence-corrected chi connectivity index (χ0v) is 11.1. The first-order chi connectivity index (χ1) is 8.97. The van der Waals surface area contributed by atoms with E-state index in [4.69, 9.17) is 5.11 Å². The molecule has 1 rings (SSSR count). The summed E-state index contributed by atoms with van der Waals surface area (Å²) in [5.74, 6) is -0.293. The number of urea groups is 1. The minimum Gasteiger partial charge on any atom is -0.481 e. The van der Waals surface area contributed by atoms with Gasteiger partial charge in [-0.05, 0) is 5.92 Å². The molecule has 0 aliphatic rings. The molecular weight excluding hydrogens is 250 g/mol. The van der Waals surface area contributed by atoms with E-state index in [2.05, 4.69) is 20.7 Å². The fraction of sp³-hybridized carbons (Fsp3) is 0.636. The minimum atomic E-state index is -0.865. The number of aryl methyl sites for hydroxylation is 1. The van der Waals surface area contributed by atoms with Crippen LogP contribution in [-0.4, -0.2) is 45.0 Å². The Balaban J connectivity index is 2.12. The maximum absolute atomic E-state index is 11.4. The minimum absolute atomic E-state index is 0.0398. The molecular formula is C11H19N5O3. The Kier molecular flexibility index (Phi) is 5.77. The molecule has 3 N–H and O–H groups in total. The highest BCUT2D eigenvalue weighted by atomic mass is 16.4. The Labute approximate surface area is 111 Å². The fourth-order valence-corrected chi connectivity index (χ4v) is 1.49. The number of amides is 2. The van der Waals surface area contributed by atoms with Gasteiger partial charge in [0.25, 0.3) is 0 Å². The molecule has 106 valence electrons. The number of carboxylic acid groups (broad SMARTS) is 1. The first kappa shape index (κ1) is 14.9. The number of carbonyl (C=O) groups excluding carboxylic acids is 1. The largest absolute Gasteiger partial charge is 0.481 e. The summed E-state index contributed by atoms with van der Waals surface area (Å²) >= 11 is 0. The van der Waals surface area contributed by atoms with Crippen molar-refractivity contribution in [3.63, 3.8) is 0 Å². The number of rotatable bonds is 7. The van der Waals surface area contributed by atoms with E-state index >= 15 is 0 Å². The van der Waals surface area contributed by atoms with E-state index in [0.29, 0.717) is 25.3 Å². The first-order valence-electron chi connectivity index (χ1n) is 6.05. The summed E-state index contributed by atoms with van der Waals surface area (Å²) in [6, 6.07) is -0.312. The van der Waals surface area contributed by atoms with E-state index in [-0.39, 0.29) is 18.4 Å². The lowest BCUT2D eigenvalue weighted by atomic mass is 10.1. The molecule has 1 atom stereocenters. The highest BCUT2D eigenvalue weighted by molar-refractivity contribution is 5.74. The van der Waals surface area contributed by atoms with Crippen molar-refractivity contribution in [2.24, 2.45) is 13.0 Å². The average molecular weight is 269 g/mol. The normalized spacial score (nSPS) is 11.9. The Morgan fingerprint density at radius 3 is 2.79 bits per heavy atom. The average Bonchev–Trinajstić information content (AvgIpc) is 2.71. The number of nitrogens with zero attached hydrogens (tertiary/aromatic N) is 3. The molecule has 8 nitrogen and oxygen atoms in total. The molecule has 0 saturated heterocycles. The monoisotopic (exact) mass is 269 g/mol. The number of nitrogens with one attached hydrogen (secondary N) is 2. The predicted molar refractivity (Wildman–Crippen MR) is 67.5 cm³/mol. The topological polar surface area (TPSA) is 109 Å². The van der Waals surface area contributed by atoms with Crippen molar-refractivity contribution in [3.05, 3.63) is 12.2 Å². The second-order valence-corrected chi connectivity index (χ2v) is 4.42. The van der Waals surface area contributed by atoms with Crippen molar-refractivity contribution in [1.29, 1.82) is 0 Å². The third-order valence-corrected chi connectivity index (χ3v) is 2.42. The van der Waals surface area contributed by atoms with Gasteiger partial charge in [0.15, 0.2) is 5.82 Å². The Hall–Kier alpha value is -2.12. The van der Waals surface area contributed by atoms with Crippen molar-refractivity contribution < 1.29 is 14.7 Å². The van der Waals surface area contributed by atoms with Crippen LogP contribution in [-0.2, 0) is 18.3 Å². The van der Waals surface area contributed by atoms with E-state index in [0.717, 1.165) is 0 Å². The van der Waals surface area contributed by atoms with Gasteiger partial charge in [-0.1, -0.05) is 6.92 Å². The highest BCUT2D eigenvalue weighted by Gasteiger charge is 2.09. The number of carboxylic acids is 1. The lowest BCUT2D eigenvalue weighted by Gasteiger charge is -2.10. The van der Waals surface area contributed by atoms with E-state index in [9.17, 15) is 9.59 Å². The zero-order chi connectivity index (χ0) is 14.3. The second kappa shape index (κ2) is 7.34. The smallest absolute Gasteiger partial charge is 0.314 e. The number of hydrogen-bond acceptors (Lipinski definition) is 4. The molecule has 0 aliphatic carbocycles. The van der Waals surface area contributed by atoms with Crippen LogP contribution in [0.25, 0.3) is 0 Å². The maximum Gasteiger partial charge on any atom is 0.314 e. The maximum atomic E-state index is 11.4. The van der Waals surface area contributed by atoms with Gasteiger partial charge in [0, 0.05) is 33.0 Å². The van der Waals surface area contributed by atoms with Gasteiger partial charge in [0.05, 0.1) is 0 Å². The molecule has 0 bridgehead atoms. The first-order valence-corrected chi connectivity index (χ1v) is 6.05. The molecule has 0 saturated carbocycles. The van der Waals surface area contributed by atoms with Crippen LogP contribution in [0.2, 0.25) is 0 Å². The van der Waals surface area contributed by atoms with Gasteiger partial charge < -0.3 is 15.7 Å². The molecule has 0 aromatic carbocycles. The summed E-state index contributed by atoms with van der Waals surface area (Å²) in [6.07, 6.45) is 2.19. The Morgan fingerprint density at radius 2 is 2.21 bits per heavy atom. The molecule has 0 fully saturated rings. The lowest BCUT2D eigenvalue weighted by molar-refractivity contribution is -0.137. The van der Waals surface area contributed by atoms with Crippen LogP contribution >= 0.6 is 0 Å². The van der Waals surface area contributed by atoms with Crippen molar-refractivity contribution in [2.45, 2.75) is 19.8 Å². The standard InChI is InChI=1S/C11H19N5O3/c1-8(5-10(17)18)6-13-11(19)12-4-3-9-14-7-16(2)15-9/h7-8H,3-6H2,1-2H3,(H,17,18)(H2,12,13,19). The highest BCUT2D eigenvalue weighted by Crippen LogP contribution is 1.98. The molecule has 8 heteroatoms. The van der Waals surface area contributed by atoms with E-state index < -0.39 is 5.97 Å². The summed E-state index contributed by atoms with van der Waals surface area (Å²) < 4.78 is 1.60. The molecule has 2 amide bonds. The number of carbonyl (C=O) groups is 2. The van der Waals surface area contributed by atoms with Crippen molar-refractivity contribution >= 4 is 12.0 Å². The van der Waals surface area contributed by atoms with Gasteiger partial charge >= 0.3 is 12.0 Å². The number of hydrogen-bond donors (Lipinski definition) is 3. The van der Waals surface area contributed by atoms with Crippen LogP contribution in [0.3, 0.4) is 0 Å². The fourth-order valence-electron chi connectivity index (χ4n) is 1.49. The van der Waals surface area contributed by atoms with Gasteiger partial charge in [0.2, 0.25) is 0 Å². The number of aromatic nitrogens is 3. The molecule has 1 unspecified atom stereocenters. The van der Waals surface area contributed by atoms with Crippen LogP contribution < -0.4 is 10.6 Å². The molecule has 1 aromatic rings. The third-order valence-electron chi connectivity index (χ3n) is 2.42. The zero-order valence-electron chi connectivity index (χ0n) is 11.1. The summed E-state index contributed by atoms with van der Waals surface area (Å²) in [5, 5.41) is 17.9. The van der Waals surface area contributed by atoms with E-state index in [1.54, 1.807) is 25.0 Å². The molecule has 1 aromatic heterocycles. The van der Waals surface area contributed by atoms with Crippen LogP contribution in [0.15, 0.2) is 6.33 Å². The molecule has 0 radical (unpaired) electrons. The summed E-state index contributed by atoms with van der Waals surface area (Å²) in [7, 11) is 1.78. The second-order valence-electron chi connectivity index (χ2n) is 4.42. The number of aliphatic carboxylic acids is 1. The molecule has 0 aliphatic heterocycles. The molecule has 1 heterocycles. The van der Waals surface area contributed by atoms with Crippen molar-refractivity contribution in [2.75, 3.05) is 13.1 Å². The predicted octanol–water partition coefficient (Wildman–Crippen LogP) is -0.232. The van der Waals surface area contributed by atoms with Crippen molar-refractivity contribution in [1.82, 2.24) is 25.4 Å². The summed E-state index contributed by atoms with van der Waals surface area (Å²) in [5.41, 5.74) is 0. The SMILES string of the molecule is CC(CNC(=O)NCCc1ncn(C)n1)CC(=O)O.